The predicted octanol–water partition coefficient (Wildman–Crippen LogP) is 2.15. The molecule has 1 atom stereocenters. The van der Waals surface area contributed by atoms with Crippen LogP contribution in [0.2, 0.25) is 0 Å². The summed E-state index contributed by atoms with van der Waals surface area (Å²) in [5.74, 6) is 0. The number of piperidine rings is 1. The molecule has 0 bridgehead atoms. The number of sulfonamides is 1. The second-order valence-corrected chi connectivity index (χ2v) is 7.74. The standard InChI is InChI=1S/C15H19N3O2S/c1-15(13-6-3-2-4-7-13)8-5-9-18(12-15)21(19,20)14-10-16-17-11-14/h2-4,6-7,10-11H,5,8-9,12H2,1H3,(H,16,17). The van der Waals surface area contributed by atoms with Gasteiger partial charge in [-0.3, -0.25) is 5.10 Å². The number of rotatable bonds is 3. The van der Waals surface area contributed by atoms with Crippen LogP contribution in [0.4, 0.5) is 0 Å². The summed E-state index contributed by atoms with van der Waals surface area (Å²) in [6.45, 7) is 3.21. The number of nitrogens with one attached hydrogen (secondary N) is 1. The minimum Gasteiger partial charge on any atom is -0.284 e. The van der Waals surface area contributed by atoms with E-state index < -0.39 is 10.0 Å². The van der Waals surface area contributed by atoms with Gasteiger partial charge < -0.3 is 0 Å². The summed E-state index contributed by atoms with van der Waals surface area (Å²) in [7, 11) is -3.46. The van der Waals surface area contributed by atoms with Gasteiger partial charge in [0, 0.05) is 24.7 Å². The van der Waals surface area contributed by atoms with E-state index in [2.05, 4.69) is 29.3 Å². The molecule has 1 aromatic carbocycles. The van der Waals surface area contributed by atoms with Crippen molar-refractivity contribution >= 4 is 10.0 Å². The van der Waals surface area contributed by atoms with Crippen LogP contribution in [-0.4, -0.2) is 36.0 Å². The molecule has 112 valence electrons. The maximum atomic E-state index is 12.6. The highest BCUT2D eigenvalue weighted by molar-refractivity contribution is 7.89. The third-order valence-electron chi connectivity index (χ3n) is 4.24. The quantitative estimate of drug-likeness (QED) is 0.945. The Labute approximate surface area is 125 Å². The van der Waals surface area contributed by atoms with Crippen molar-refractivity contribution in [3.8, 4) is 0 Å². The molecule has 0 radical (unpaired) electrons. The monoisotopic (exact) mass is 305 g/mol. The van der Waals surface area contributed by atoms with Gasteiger partial charge in [-0.2, -0.15) is 9.40 Å². The topological polar surface area (TPSA) is 66.1 Å². The van der Waals surface area contributed by atoms with Gasteiger partial charge in [0.15, 0.2) is 0 Å². The Hall–Kier alpha value is -1.66. The van der Waals surface area contributed by atoms with Crippen LogP contribution in [0.25, 0.3) is 0 Å². The minimum absolute atomic E-state index is 0.143. The molecule has 0 amide bonds. The van der Waals surface area contributed by atoms with Gasteiger partial charge in [0.1, 0.15) is 4.90 Å². The fraction of sp³-hybridized carbons (Fsp3) is 0.400. The van der Waals surface area contributed by atoms with Crippen molar-refractivity contribution in [1.82, 2.24) is 14.5 Å². The molecule has 1 aliphatic heterocycles. The van der Waals surface area contributed by atoms with E-state index in [0.717, 1.165) is 12.8 Å². The van der Waals surface area contributed by atoms with Gasteiger partial charge in [0.25, 0.3) is 0 Å². The summed E-state index contributed by atoms with van der Waals surface area (Å²) in [5.41, 5.74) is 1.05. The average molecular weight is 305 g/mol. The van der Waals surface area contributed by atoms with E-state index >= 15 is 0 Å². The van der Waals surface area contributed by atoms with Crippen molar-refractivity contribution in [3.05, 3.63) is 48.3 Å². The molecule has 1 N–H and O–H groups in total. The highest BCUT2D eigenvalue weighted by Crippen LogP contribution is 2.35. The Morgan fingerprint density at radius 1 is 1.29 bits per heavy atom. The van der Waals surface area contributed by atoms with Crippen molar-refractivity contribution in [2.75, 3.05) is 13.1 Å². The maximum absolute atomic E-state index is 12.6. The van der Waals surface area contributed by atoms with Crippen molar-refractivity contribution in [2.24, 2.45) is 0 Å². The van der Waals surface area contributed by atoms with Gasteiger partial charge in [-0.05, 0) is 18.4 Å². The molecule has 0 aliphatic carbocycles. The van der Waals surface area contributed by atoms with Crippen LogP contribution in [0.1, 0.15) is 25.3 Å². The molecule has 1 unspecified atom stereocenters. The molecule has 5 nitrogen and oxygen atoms in total. The Morgan fingerprint density at radius 2 is 2.05 bits per heavy atom. The Morgan fingerprint density at radius 3 is 2.71 bits per heavy atom. The molecule has 1 aliphatic rings. The lowest BCUT2D eigenvalue weighted by molar-refractivity contribution is 0.240. The van der Waals surface area contributed by atoms with E-state index in [9.17, 15) is 8.42 Å². The van der Waals surface area contributed by atoms with E-state index in [4.69, 9.17) is 0 Å². The summed E-state index contributed by atoms with van der Waals surface area (Å²) < 4.78 is 26.8. The van der Waals surface area contributed by atoms with Crippen LogP contribution in [0.15, 0.2) is 47.6 Å². The van der Waals surface area contributed by atoms with E-state index in [1.54, 1.807) is 4.31 Å². The first-order valence-electron chi connectivity index (χ1n) is 7.07. The van der Waals surface area contributed by atoms with Crippen LogP contribution in [0.5, 0.6) is 0 Å². The smallest absolute Gasteiger partial charge is 0.246 e. The lowest BCUT2D eigenvalue weighted by Gasteiger charge is -2.40. The summed E-state index contributed by atoms with van der Waals surface area (Å²) in [5, 5.41) is 6.32. The first kappa shape index (κ1) is 14.3. The average Bonchev–Trinajstić information content (AvgIpc) is 3.03. The van der Waals surface area contributed by atoms with Gasteiger partial charge in [0.05, 0.1) is 6.20 Å². The number of hydrogen-bond acceptors (Lipinski definition) is 3. The zero-order valence-corrected chi connectivity index (χ0v) is 12.8. The molecule has 6 heteroatoms. The number of aromatic amines is 1. The number of hydrogen-bond donors (Lipinski definition) is 1. The SMILES string of the molecule is CC1(c2ccccc2)CCCN(S(=O)(=O)c2cn[nH]c2)C1. The normalized spacial score (nSPS) is 24.0. The lowest BCUT2D eigenvalue weighted by Crippen LogP contribution is -2.46. The predicted molar refractivity (Wildman–Crippen MR) is 80.4 cm³/mol. The molecule has 2 heterocycles. The van der Waals surface area contributed by atoms with Crippen molar-refractivity contribution in [2.45, 2.75) is 30.1 Å². The molecular weight excluding hydrogens is 286 g/mol. The molecule has 3 rings (SSSR count). The summed E-state index contributed by atoms with van der Waals surface area (Å²) >= 11 is 0. The van der Waals surface area contributed by atoms with Crippen LogP contribution in [0, 0.1) is 0 Å². The van der Waals surface area contributed by atoms with E-state index in [-0.39, 0.29) is 10.3 Å². The fourth-order valence-corrected chi connectivity index (χ4v) is 4.51. The maximum Gasteiger partial charge on any atom is 0.246 e. The molecule has 0 saturated carbocycles. The number of aromatic nitrogens is 2. The Bertz CT molecular complexity index is 698. The van der Waals surface area contributed by atoms with Gasteiger partial charge in [-0.25, -0.2) is 8.42 Å². The molecule has 21 heavy (non-hydrogen) atoms. The van der Waals surface area contributed by atoms with Gasteiger partial charge in [-0.15, -0.1) is 0 Å². The Balaban J connectivity index is 1.90. The minimum atomic E-state index is -3.46. The van der Waals surface area contributed by atoms with Crippen molar-refractivity contribution < 1.29 is 8.42 Å². The van der Waals surface area contributed by atoms with Crippen LogP contribution in [-0.2, 0) is 15.4 Å². The zero-order valence-electron chi connectivity index (χ0n) is 12.0. The van der Waals surface area contributed by atoms with Crippen LogP contribution < -0.4 is 0 Å². The second-order valence-electron chi connectivity index (χ2n) is 5.80. The van der Waals surface area contributed by atoms with E-state index in [1.165, 1.54) is 18.0 Å². The highest BCUT2D eigenvalue weighted by atomic mass is 32.2. The van der Waals surface area contributed by atoms with Crippen LogP contribution >= 0.6 is 0 Å². The molecule has 1 fully saturated rings. The van der Waals surface area contributed by atoms with E-state index in [1.807, 2.05) is 18.2 Å². The summed E-state index contributed by atoms with van der Waals surface area (Å²) in [4.78, 5) is 0.236. The number of nitrogens with zero attached hydrogens (tertiary/aromatic N) is 2. The fourth-order valence-electron chi connectivity index (χ4n) is 3.00. The summed E-state index contributed by atoms with van der Waals surface area (Å²) in [6, 6.07) is 10.1. The first-order valence-corrected chi connectivity index (χ1v) is 8.51. The van der Waals surface area contributed by atoms with Gasteiger partial charge in [-0.1, -0.05) is 37.3 Å². The van der Waals surface area contributed by atoms with Crippen LogP contribution in [0.3, 0.4) is 0 Å². The molecule has 1 aromatic heterocycles. The zero-order chi connectivity index (χ0) is 14.9. The Kier molecular flexibility index (Phi) is 3.59. The third kappa shape index (κ3) is 2.61. The second kappa shape index (κ2) is 5.27. The molecule has 0 spiro atoms. The largest absolute Gasteiger partial charge is 0.284 e. The van der Waals surface area contributed by atoms with E-state index in [0.29, 0.717) is 13.1 Å². The van der Waals surface area contributed by atoms with Crippen molar-refractivity contribution in [3.63, 3.8) is 0 Å². The number of benzene rings is 1. The van der Waals surface area contributed by atoms with Crippen molar-refractivity contribution in [1.29, 1.82) is 0 Å². The van der Waals surface area contributed by atoms with Gasteiger partial charge in [0.2, 0.25) is 10.0 Å². The molecule has 1 saturated heterocycles. The molecular formula is C15H19N3O2S. The van der Waals surface area contributed by atoms with Gasteiger partial charge >= 0.3 is 0 Å². The number of H-pyrrole nitrogens is 1. The molecule has 2 aromatic rings. The lowest BCUT2D eigenvalue weighted by atomic mass is 9.77. The highest BCUT2D eigenvalue weighted by Gasteiger charge is 2.38. The third-order valence-corrected chi connectivity index (χ3v) is 6.05. The first-order chi connectivity index (χ1) is 10.0. The summed E-state index contributed by atoms with van der Waals surface area (Å²) in [6.07, 6.45) is 4.66.